The molecular weight excluding hydrogens is 392 g/mol. The molecule has 2 N–H and O–H groups in total. The Morgan fingerprint density at radius 1 is 1.20 bits per heavy atom. The quantitative estimate of drug-likeness (QED) is 0.802. The number of thiophene rings is 1. The molecule has 5 nitrogen and oxygen atoms in total. The average Bonchev–Trinajstić information content (AvgIpc) is 3.22. The lowest BCUT2D eigenvalue weighted by Gasteiger charge is -2.43. The maximum Gasteiger partial charge on any atom is 0.162 e. The van der Waals surface area contributed by atoms with Crippen LogP contribution in [-0.2, 0) is 11.2 Å². The first-order valence-electron chi connectivity index (χ1n) is 10.2. The number of aryl methyl sites for hydroxylation is 1. The lowest BCUT2D eigenvalue weighted by Crippen LogP contribution is -2.45. The van der Waals surface area contributed by atoms with Crippen LogP contribution < -0.4 is 5.73 Å². The number of carbonyl (C=O) groups is 1. The molecule has 30 heavy (non-hydrogen) atoms. The van der Waals surface area contributed by atoms with Crippen LogP contribution >= 0.6 is 11.3 Å². The van der Waals surface area contributed by atoms with Crippen molar-refractivity contribution in [2.75, 3.05) is 14.1 Å². The maximum absolute atomic E-state index is 13.5. The number of Topliss-reactive ketones (excluding diaryl/α,β-unsaturated/α-hetero) is 1. The number of hydrogen-bond donors (Lipinski definition) is 1. The molecule has 0 spiro atoms. The number of hydrazine groups is 1. The van der Waals surface area contributed by atoms with E-state index < -0.39 is 0 Å². The highest BCUT2D eigenvalue weighted by atomic mass is 32.1. The minimum Gasteiger partial charge on any atom is -0.383 e. The molecule has 2 aliphatic rings. The van der Waals surface area contributed by atoms with Crippen LogP contribution in [0.3, 0.4) is 0 Å². The molecular formula is C24H26N4OS. The SMILES string of the molecule is CCc1ccc([C@H]2C(C#N)=C(N)N(N(C)C)C3=C2C(=O)C[C@@H](c2ccccc2)C3)s1. The molecule has 0 unspecified atom stereocenters. The number of nitrogens with two attached hydrogens (primary N) is 1. The summed E-state index contributed by atoms with van der Waals surface area (Å²) in [5.74, 6) is 0.245. The van der Waals surface area contributed by atoms with Gasteiger partial charge in [-0.2, -0.15) is 5.26 Å². The van der Waals surface area contributed by atoms with Gasteiger partial charge in [0.15, 0.2) is 5.78 Å². The van der Waals surface area contributed by atoms with Gasteiger partial charge >= 0.3 is 0 Å². The molecule has 0 saturated heterocycles. The smallest absolute Gasteiger partial charge is 0.162 e. The van der Waals surface area contributed by atoms with E-state index in [9.17, 15) is 10.1 Å². The van der Waals surface area contributed by atoms with Crippen molar-refractivity contribution in [3.63, 3.8) is 0 Å². The monoisotopic (exact) mass is 418 g/mol. The summed E-state index contributed by atoms with van der Waals surface area (Å²) >= 11 is 1.67. The first-order chi connectivity index (χ1) is 14.5. The van der Waals surface area contributed by atoms with Gasteiger partial charge in [0.05, 0.1) is 17.6 Å². The van der Waals surface area contributed by atoms with Crippen LogP contribution in [0.1, 0.15) is 46.9 Å². The van der Waals surface area contributed by atoms with Crippen LogP contribution in [0.4, 0.5) is 0 Å². The van der Waals surface area contributed by atoms with E-state index >= 15 is 0 Å². The lowest BCUT2D eigenvalue weighted by molar-refractivity contribution is -0.117. The third-order valence-corrected chi connectivity index (χ3v) is 7.22. The predicted octanol–water partition coefficient (Wildman–Crippen LogP) is 4.28. The van der Waals surface area contributed by atoms with Crippen molar-refractivity contribution in [3.05, 3.63) is 80.4 Å². The van der Waals surface area contributed by atoms with Crippen molar-refractivity contribution >= 4 is 17.1 Å². The molecule has 6 heteroatoms. The number of rotatable bonds is 4. The molecule has 0 amide bonds. The van der Waals surface area contributed by atoms with Crippen molar-refractivity contribution in [2.24, 2.45) is 5.73 Å². The lowest BCUT2D eigenvalue weighted by atomic mass is 9.74. The van der Waals surface area contributed by atoms with Crippen molar-refractivity contribution < 1.29 is 4.79 Å². The zero-order valence-corrected chi connectivity index (χ0v) is 18.4. The summed E-state index contributed by atoms with van der Waals surface area (Å²) in [6, 6.07) is 16.6. The van der Waals surface area contributed by atoms with Crippen molar-refractivity contribution in [3.8, 4) is 6.07 Å². The Morgan fingerprint density at radius 2 is 1.93 bits per heavy atom. The van der Waals surface area contributed by atoms with Gasteiger partial charge in [0.2, 0.25) is 0 Å². The highest BCUT2D eigenvalue weighted by Crippen LogP contribution is 2.49. The Kier molecular flexibility index (Phi) is 5.50. The highest BCUT2D eigenvalue weighted by molar-refractivity contribution is 7.12. The summed E-state index contributed by atoms with van der Waals surface area (Å²) < 4.78 is 0. The molecule has 1 aliphatic carbocycles. The van der Waals surface area contributed by atoms with Crippen LogP contribution in [0.5, 0.6) is 0 Å². The molecule has 2 aromatic rings. The van der Waals surface area contributed by atoms with Crippen LogP contribution in [-0.4, -0.2) is 29.9 Å². The first kappa shape index (κ1) is 20.4. The van der Waals surface area contributed by atoms with E-state index in [0.29, 0.717) is 24.2 Å². The van der Waals surface area contributed by atoms with Gasteiger partial charge in [-0.3, -0.25) is 9.80 Å². The number of allylic oxidation sites excluding steroid dienone is 3. The van der Waals surface area contributed by atoms with E-state index in [2.05, 4.69) is 31.2 Å². The van der Waals surface area contributed by atoms with Crippen LogP contribution in [0.25, 0.3) is 0 Å². The molecule has 2 heterocycles. The first-order valence-corrected chi connectivity index (χ1v) is 11.0. The fraction of sp³-hybridized carbons (Fsp3) is 0.333. The highest BCUT2D eigenvalue weighted by Gasteiger charge is 2.43. The number of benzene rings is 1. The summed E-state index contributed by atoms with van der Waals surface area (Å²) in [6.45, 7) is 2.11. The Balaban J connectivity index is 1.88. The summed E-state index contributed by atoms with van der Waals surface area (Å²) in [6.07, 6.45) is 2.09. The van der Waals surface area contributed by atoms with E-state index in [4.69, 9.17) is 5.73 Å². The molecule has 0 fully saturated rings. The van der Waals surface area contributed by atoms with Gasteiger partial charge in [-0.25, -0.2) is 5.01 Å². The predicted molar refractivity (Wildman–Crippen MR) is 119 cm³/mol. The van der Waals surface area contributed by atoms with E-state index in [0.717, 1.165) is 28.1 Å². The Labute approximate surface area is 181 Å². The van der Waals surface area contributed by atoms with Gasteiger partial charge in [0.1, 0.15) is 5.82 Å². The molecule has 1 aromatic carbocycles. The maximum atomic E-state index is 13.5. The van der Waals surface area contributed by atoms with Gasteiger partial charge < -0.3 is 5.73 Å². The van der Waals surface area contributed by atoms with E-state index in [1.54, 1.807) is 11.3 Å². The minimum atomic E-state index is -0.379. The topological polar surface area (TPSA) is 73.4 Å². The van der Waals surface area contributed by atoms with Gasteiger partial charge in [-0.15, -0.1) is 11.3 Å². The second kappa shape index (κ2) is 8.10. The molecule has 0 saturated carbocycles. The molecule has 4 rings (SSSR count). The Morgan fingerprint density at radius 3 is 2.53 bits per heavy atom. The number of nitrogens with zero attached hydrogens (tertiary/aromatic N) is 3. The van der Waals surface area contributed by atoms with Gasteiger partial charge in [-0.05, 0) is 36.5 Å². The van der Waals surface area contributed by atoms with Crippen LogP contribution in [0.2, 0.25) is 0 Å². The average molecular weight is 419 g/mol. The van der Waals surface area contributed by atoms with E-state index in [1.165, 1.54) is 4.88 Å². The standard InChI is InChI=1S/C24H26N4OS/c1-4-17-10-11-21(30-17)22-18(14-25)24(26)28(27(2)3)19-12-16(13-20(29)23(19)22)15-8-6-5-7-9-15/h5-11,16,22H,4,12-13,26H2,1-3H3/t16-,22+/m0/s1. The van der Waals surface area contributed by atoms with Crippen LogP contribution in [0.15, 0.2) is 65.1 Å². The summed E-state index contributed by atoms with van der Waals surface area (Å²) in [5.41, 5.74) is 9.80. The third kappa shape index (κ3) is 3.34. The number of nitriles is 1. The zero-order chi connectivity index (χ0) is 21.4. The third-order valence-electron chi connectivity index (χ3n) is 5.93. The fourth-order valence-electron chi connectivity index (χ4n) is 4.55. The summed E-state index contributed by atoms with van der Waals surface area (Å²) in [5, 5.41) is 13.7. The normalized spacial score (nSPS) is 21.8. The molecule has 0 radical (unpaired) electrons. The summed E-state index contributed by atoms with van der Waals surface area (Å²) in [7, 11) is 3.79. The Hall–Kier alpha value is -2.88. The largest absolute Gasteiger partial charge is 0.383 e. The second-order valence-electron chi connectivity index (χ2n) is 7.96. The van der Waals surface area contributed by atoms with Crippen molar-refractivity contribution in [2.45, 2.75) is 38.0 Å². The zero-order valence-electron chi connectivity index (χ0n) is 17.6. The Bertz CT molecular complexity index is 1070. The number of carbonyl (C=O) groups excluding carboxylic acids is 1. The summed E-state index contributed by atoms with van der Waals surface area (Å²) in [4.78, 5) is 15.8. The van der Waals surface area contributed by atoms with E-state index in [-0.39, 0.29) is 17.6 Å². The van der Waals surface area contributed by atoms with Gasteiger partial charge in [0.25, 0.3) is 0 Å². The van der Waals surface area contributed by atoms with E-state index in [1.807, 2.05) is 48.4 Å². The minimum absolute atomic E-state index is 0.103. The fourth-order valence-corrected chi connectivity index (χ4v) is 5.63. The molecule has 1 aromatic heterocycles. The number of hydrogen-bond acceptors (Lipinski definition) is 6. The molecule has 2 atom stereocenters. The second-order valence-corrected chi connectivity index (χ2v) is 9.16. The number of ketones is 1. The van der Waals surface area contributed by atoms with Crippen LogP contribution in [0, 0.1) is 11.3 Å². The molecule has 1 aliphatic heterocycles. The molecule has 154 valence electrons. The van der Waals surface area contributed by atoms with Crippen molar-refractivity contribution in [1.82, 2.24) is 10.0 Å². The van der Waals surface area contributed by atoms with Crippen molar-refractivity contribution in [1.29, 1.82) is 5.26 Å². The van der Waals surface area contributed by atoms with Gasteiger partial charge in [0, 0.05) is 41.5 Å². The van der Waals surface area contributed by atoms with Gasteiger partial charge in [-0.1, -0.05) is 37.3 Å². The molecule has 0 bridgehead atoms.